The monoisotopic (exact) mass is 268 g/mol. The predicted octanol–water partition coefficient (Wildman–Crippen LogP) is 1.79. The van der Waals surface area contributed by atoms with Crippen LogP contribution in [0.25, 0.3) is 0 Å². The van der Waals surface area contributed by atoms with Crippen molar-refractivity contribution in [2.75, 3.05) is 20.2 Å². The predicted molar refractivity (Wildman–Crippen MR) is 76.0 cm³/mol. The molecule has 0 radical (unpaired) electrons. The fourth-order valence-electron chi connectivity index (χ4n) is 3.33. The number of carbonyl (C=O) groups is 1. The van der Waals surface area contributed by atoms with Crippen LogP contribution in [0.15, 0.2) is 0 Å². The molecule has 4 nitrogen and oxygen atoms in total. The van der Waals surface area contributed by atoms with Crippen LogP contribution in [-0.2, 0) is 9.53 Å². The Balaban J connectivity index is 1.84. The molecule has 1 aliphatic carbocycles. The topological polar surface area (TPSA) is 41.6 Å². The molecule has 4 heteroatoms. The van der Waals surface area contributed by atoms with E-state index < -0.39 is 0 Å². The van der Waals surface area contributed by atoms with Crippen molar-refractivity contribution in [1.82, 2.24) is 10.2 Å². The summed E-state index contributed by atoms with van der Waals surface area (Å²) >= 11 is 0. The van der Waals surface area contributed by atoms with Gasteiger partial charge in [-0.05, 0) is 32.6 Å². The first-order valence-corrected chi connectivity index (χ1v) is 7.54. The zero-order chi connectivity index (χ0) is 14.0. The minimum absolute atomic E-state index is 0.0832. The molecule has 1 aliphatic heterocycles. The highest BCUT2D eigenvalue weighted by atomic mass is 16.5. The van der Waals surface area contributed by atoms with Gasteiger partial charge in [-0.25, -0.2) is 0 Å². The van der Waals surface area contributed by atoms with E-state index in [1.54, 1.807) is 7.11 Å². The lowest BCUT2D eigenvalue weighted by molar-refractivity contribution is -0.137. The van der Waals surface area contributed by atoms with E-state index in [1.165, 1.54) is 6.42 Å². The highest BCUT2D eigenvalue weighted by Crippen LogP contribution is 2.42. The molecule has 2 fully saturated rings. The maximum atomic E-state index is 12.4. The lowest BCUT2D eigenvalue weighted by Gasteiger charge is -2.52. The molecule has 1 amide bonds. The van der Waals surface area contributed by atoms with E-state index in [0.717, 1.165) is 32.4 Å². The summed E-state index contributed by atoms with van der Waals surface area (Å²) in [4.78, 5) is 14.4. The van der Waals surface area contributed by atoms with Crippen LogP contribution in [-0.4, -0.2) is 49.2 Å². The molecule has 2 rings (SSSR count). The van der Waals surface area contributed by atoms with Crippen LogP contribution in [0.2, 0.25) is 0 Å². The maximum Gasteiger partial charge on any atom is 0.239 e. The molecule has 110 valence electrons. The van der Waals surface area contributed by atoms with Gasteiger partial charge in [0.15, 0.2) is 0 Å². The Labute approximate surface area is 116 Å². The third-order valence-corrected chi connectivity index (χ3v) is 4.95. The summed E-state index contributed by atoms with van der Waals surface area (Å²) in [6.45, 7) is 8.27. The van der Waals surface area contributed by atoms with Crippen molar-refractivity contribution >= 4 is 5.91 Å². The van der Waals surface area contributed by atoms with Crippen LogP contribution in [0.4, 0.5) is 0 Å². The number of ether oxygens (including phenoxy) is 1. The second kappa shape index (κ2) is 5.80. The van der Waals surface area contributed by atoms with Gasteiger partial charge < -0.3 is 15.0 Å². The fraction of sp³-hybridized carbons (Fsp3) is 0.933. The van der Waals surface area contributed by atoms with E-state index in [9.17, 15) is 4.79 Å². The Hall–Kier alpha value is -0.610. The molecule has 0 aromatic rings. The lowest BCUT2D eigenvalue weighted by atomic mass is 9.64. The molecule has 0 aromatic carbocycles. The van der Waals surface area contributed by atoms with Gasteiger partial charge in [-0.2, -0.15) is 0 Å². The third kappa shape index (κ3) is 2.95. The van der Waals surface area contributed by atoms with Crippen molar-refractivity contribution in [1.29, 1.82) is 0 Å². The summed E-state index contributed by atoms with van der Waals surface area (Å²) in [6, 6.07) is 0.293. The van der Waals surface area contributed by atoms with Gasteiger partial charge in [-0.15, -0.1) is 0 Å². The first-order valence-electron chi connectivity index (χ1n) is 7.54. The third-order valence-electron chi connectivity index (χ3n) is 4.95. The largest absolute Gasteiger partial charge is 0.381 e. The van der Waals surface area contributed by atoms with Crippen LogP contribution < -0.4 is 5.32 Å². The van der Waals surface area contributed by atoms with E-state index in [-0.39, 0.29) is 17.4 Å². The van der Waals surface area contributed by atoms with E-state index in [2.05, 4.69) is 19.2 Å². The standard InChI is InChI=1S/C15H28N2O2/c1-11(14(18)17-8-6-5-7-9-17)16-12-10-13(19-4)15(12,2)3/h11-13,16H,5-10H2,1-4H3. The summed E-state index contributed by atoms with van der Waals surface area (Å²) in [7, 11) is 1.77. The van der Waals surface area contributed by atoms with Crippen molar-refractivity contribution in [3.63, 3.8) is 0 Å². The number of likely N-dealkylation sites (tertiary alicyclic amines) is 1. The summed E-state index contributed by atoms with van der Waals surface area (Å²) < 4.78 is 5.45. The van der Waals surface area contributed by atoms with E-state index in [0.29, 0.717) is 12.1 Å². The first kappa shape index (κ1) is 14.8. The summed E-state index contributed by atoms with van der Waals surface area (Å²) in [6.07, 6.45) is 4.87. The minimum atomic E-state index is -0.0832. The van der Waals surface area contributed by atoms with Gasteiger partial charge >= 0.3 is 0 Å². The molecule has 0 bridgehead atoms. The second-order valence-electron chi connectivity index (χ2n) is 6.61. The summed E-state index contributed by atoms with van der Waals surface area (Å²) in [5, 5.41) is 3.50. The van der Waals surface area contributed by atoms with Gasteiger partial charge in [0.1, 0.15) is 0 Å². The number of carbonyl (C=O) groups excluding carboxylic acids is 1. The molecule has 19 heavy (non-hydrogen) atoms. The van der Waals surface area contributed by atoms with Crippen LogP contribution in [0.5, 0.6) is 0 Å². The molecular weight excluding hydrogens is 240 g/mol. The molecule has 3 atom stereocenters. The molecule has 2 aliphatic rings. The van der Waals surface area contributed by atoms with Gasteiger partial charge in [0.25, 0.3) is 0 Å². The molecule has 1 saturated heterocycles. The van der Waals surface area contributed by atoms with E-state index in [4.69, 9.17) is 4.74 Å². The van der Waals surface area contributed by atoms with E-state index >= 15 is 0 Å². The van der Waals surface area contributed by atoms with Crippen molar-refractivity contribution in [3.8, 4) is 0 Å². The quantitative estimate of drug-likeness (QED) is 0.845. The Morgan fingerprint density at radius 3 is 2.47 bits per heavy atom. The van der Waals surface area contributed by atoms with Crippen LogP contribution >= 0.6 is 0 Å². The zero-order valence-electron chi connectivity index (χ0n) is 12.7. The van der Waals surface area contributed by atoms with E-state index in [1.807, 2.05) is 11.8 Å². The molecular formula is C15H28N2O2. The number of hydrogen-bond acceptors (Lipinski definition) is 3. The SMILES string of the molecule is COC1CC(NC(C)C(=O)N2CCCCC2)C1(C)C. The van der Waals surface area contributed by atoms with Crippen molar-refractivity contribution in [3.05, 3.63) is 0 Å². The highest BCUT2D eigenvalue weighted by molar-refractivity contribution is 5.81. The van der Waals surface area contributed by atoms with Crippen LogP contribution in [0, 0.1) is 5.41 Å². The Kier molecular flexibility index (Phi) is 4.51. The molecule has 1 heterocycles. The van der Waals surface area contributed by atoms with Gasteiger partial charge in [-0.3, -0.25) is 4.79 Å². The number of rotatable bonds is 4. The number of methoxy groups -OCH3 is 1. The Morgan fingerprint density at radius 1 is 1.32 bits per heavy atom. The minimum Gasteiger partial charge on any atom is -0.381 e. The Bertz CT molecular complexity index is 324. The number of piperidine rings is 1. The van der Waals surface area contributed by atoms with Gasteiger partial charge in [-0.1, -0.05) is 13.8 Å². The Morgan fingerprint density at radius 2 is 1.95 bits per heavy atom. The zero-order valence-corrected chi connectivity index (χ0v) is 12.7. The first-order chi connectivity index (χ1) is 8.96. The average molecular weight is 268 g/mol. The van der Waals surface area contributed by atoms with Gasteiger partial charge in [0, 0.05) is 31.7 Å². The maximum absolute atomic E-state index is 12.4. The molecule has 0 spiro atoms. The van der Waals surface area contributed by atoms with Gasteiger partial charge in [0.05, 0.1) is 12.1 Å². The summed E-state index contributed by atoms with van der Waals surface area (Å²) in [5.41, 5.74) is 0.116. The highest BCUT2D eigenvalue weighted by Gasteiger charge is 2.49. The smallest absolute Gasteiger partial charge is 0.239 e. The van der Waals surface area contributed by atoms with Gasteiger partial charge in [0.2, 0.25) is 5.91 Å². The number of nitrogens with zero attached hydrogens (tertiary/aromatic N) is 1. The lowest BCUT2D eigenvalue weighted by Crippen LogP contribution is -2.64. The van der Waals surface area contributed by atoms with Crippen LogP contribution in [0.1, 0.15) is 46.5 Å². The average Bonchev–Trinajstić information content (AvgIpc) is 2.42. The van der Waals surface area contributed by atoms with Crippen molar-refractivity contribution in [2.45, 2.75) is 64.6 Å². The second-order valence-corrected chi connectivity index (χ2v) is 6.61. The van der Waals surface area contributed by atoms with Crippen LogP contribution in [0.3, 0.4) is 0 Å². The molecule has 3 unspecified atom stereocenters. The number of hydrogen-bond donors (Lipinski definition) is 1. The normalized spacial score (nSPS) is 31.7. The molecule has 1 saturated carbocycles. The number of amides is 1. The van der Waals surface area contributed by atoms with Crippen molar-refractivity contribution in [2.24, 2.45) is 5.41 Å². The molecule has 0 aromatic heterocycles. The molecule has 1 N–H and O–H groups in total. The fourth-order valence-corrected chi connectivity index (χ4v) is 3.33. The van der Waals surface area contributed by atoms with Crippen molar-refractivity contribution < 1.29 is 9.53 Å². The number of nitrogens with one attached hydrogen (secondary N) is 1. The summed E-state index contributed by atoms with van der Waals surface area (Å²) in [5.74, 6) is 0.261.